The Balaban J connectivity index is 2.00. The number of benzene rings is 1. The van der Waals surface area contributed by atoms with E-state index in [1.54, 1.807) is 6.08 Å². The fourth-order valence-corrected chi connectivity index (χ4v) is 3.46. The van der Waals surface area contributed by atoms with Crippen LogP contribution in [-0.4, -0.2) is 25.4 Å². The number of nitrogens with two attached hydrogens (primary N) is 1. The molecule has 0 atom stereocenters. The van der Waals surface area contributed by atoms with Gasteiger partial charge in [-0.05, 0) is 48.9 Å². The number of halogens is 1. The predicted molar refractivity (Wildman–Crippen MR) is 105 cm³/mol. The molecule has 130 valence electrons. The van der Waals surface area contributed by atoms with E-state index < -0.39 is 0 Å². The summed E-state index contributed by atoms with van der Waals surface area (Å²) in [7, 11) is 0. The van der Waals surface area contributed by atoms with Crippen LogP contribution in [0, 0.1) is 12.3 Å². The van der Waals surface area contributed by atoms with Crippen LogP contribution in [0.15, 0.2) is 48.5 Å². The van der Waals surface area contributed by atoms with Crippen molar-refractivity contribution in [2.24, 2.45) is 5.73 Å². The van der Waals surface area contributed by atoms with Gasteiger partial charge in [0.2, 0.25) is 0 Å². The average Bonchev–Trinajstić information content (AvgIpc) is 3.16. The van der Waals surface area contributed by atoms with E-state index >= 15 is 0 Å². The van der Waals surface area contributed by atoms with E-state index in [0.29, 0.717) is 17.3 Å². The van der Waals surface area contributed by atoms with Crippen LogP contribution >= 0.6 is 11.6 Å². The summed E-state index contributed by atoms with van der Waals surface area (Å²) in [4.78, 5) is 0. The molecule has 3 aromatic heterocycles. The number of rotatable bonds is 4. The summed E-state index contributed by atoms with van der Waals surface area (Å²) in [5.41, 5.74) is 11.4. The maximum atomic E-state index is 7.34. The Morgan fingerprint density at radius 1 is 1.19 bits per heavy atom. The van der Waals surface area contributed by atoms with Crippen molar-refractivity contribution in [3.63, 3.8) is 0 Å². The minimum Gasteiger partial charge on any atom is -0.397 e. The molecule has 7 heteroatoms. The third kappa shape index (κ3) is 2.64. The van der Waals surface area contributed by atoms with Gasteiger partial charge in [-0.1, -0.05) is 23.7 Å². The van der Waals surface area contributed by atoms with Gasteiger partial charge in [0.05, 0.1) is 22.4 Å². The number of aryl methyl sites for hydroxylation is 1. The van der Waals surface area contributed by atoms with Crippen molar-refractivity contribution in [1.29, 1.82) is 5.41 Å². The van der Waals surface area contributed by atoms with Crippen molar-refractivity contribution in [3.8, 4) is 0 Å². The monoisotopic (exact) mass is 364 g/mol. The lowest BCUT2D eigenvalue weighted by molar-refractivity contribution is 0.821. The highest BCUT2D eigenvalue weighted by Gasteiger charge is 2.15. The zero-order chi connectivity index (χ0) is 18.3. The van der Waals surface area contributed by atoms with Crippen LogP contribution in [0.3, 0.4) is 0 Å². The van der Waals surface area contributed by atoms with E-state index in [0.717, 1.165) is 33.8 Å². The predicted octanol–water partition coefficient (Wildman–Crippen LogP) is 3.64. The van der Waals surface area contributed by atoms with Crippen LogP contribution in [0.25, 0.3) is 22.4 Å². The molecular weight excluding hydrogens is 348 g/mol. The molecule has 0 saturated heterocycles. The number of aromatic nitrogens is 4. The number of nitrogens with zero attached hydrogens (tertiary/aromatic N) is 4. The SMILES string of the molecule is Cc1nnc2ccc3c(cc(/C(N)=C/C=N)n3Cc3cccc(Cl)c3)n12. The highest BCUT2D eigenvalue weighted by molar-refractivity contribution is 6.30. The lowest BCUT2D eigenvalue weighted by Crippen LogP contribution is -2.08. The van der Waals surface area contributed by atoms with Gasteiger partial charge in [-0.25, -0.2) is 0 Å². The maximum absolute atomic E-state index is 7.34. The second kappa shape index (κ2) is 6.31. The van der Waals surface area contributed by atoms with Gasteiger partial charge in [-0.2, -0.15) is 0 Å². The largest absolute Gasteiger partial charge is 0.397 e. The van der Waals surface area contributed by atoms with E-state index in [2.05, 4.69) is 14.8 Å². The molecule has 0 aliphatic carbocycles. The summed E-state index contributed by atoms with van der Waals surface area (Å²) in [5, 5.41) is 16.4. The van der Waals surface area contributed by atoms with E-state index in [4.69, 9.17) is 22.7 Å². The molecule has 26 heavy (non-hydrogen) atoms. The third-order valence-electron chi connectivity index (χ3n) is 4.39. The Kier molecular flexibility index (Phi) is 3.97. The molecule has 0 fully saturated rings. The molecule has 0 bridgehead atoms. The van der Waals surface area contributed by atoms with E-state index in [1.165, 1.54) is 6.21 Å². The minimum atomic E-state index is 0.525. The smallest absolute Gasteiger partial charge is 0.161 e. The van der Waals surface area contributed by atoms with Crippen LogP contribution in [0.5, 0.6) is 0 Å². The quantitative estimate of drug-likeness (QED) is 0.542. The molecule has 0 unspecified atom stereocenters. The molecule has 3 heterocycles. The first-order valence-electron chi connectivity index (χ1n) is 8.13. The summed E-state index contributed by atoms with van der Waals surface area (Å²) >= 11 is 6.14. The Morgan fingerprint density at radius 3 is 2.81 bits per heavy atom. The molecule has 0 aliphatic rings. The van der Waals surface area contributed by atoms with Crippen LogP contribution in [0.1, 0.15) is 17.1 Å². The zero-order valence-corrected chi connectivity index (χ0v) is 14.9. The molecule has 0 radical (unpaired) electrons. The van der Waals surface area contributed by atoms with Crippen LogP contribution in [0.4, 0.5) is 0 Å². The first kappa shape index (κ1) is 16.4. The zero-order valence-electron chi connectivity index (χ0n) is 14.1. The molecule has 4 aromatic rings. The van der Waals surface area contributed by atoms with Gasteiger partial charge < -0.3 is 15.7 Å². The van der Waals surface area contributed by atoms with Crippen molar-refractivity contribution in [1.82, 2.24) is 19.2 Å². The Morgan fingerprint density at radius 2 is 2.04 bits per heavy atom. The van der Waals surface area contributed by atoms with Crippen LogP contribution in [0.2, 0.25) is 5.02 Å². The molecule has 0 amide bonds. The van der Waals surface area contributed by atoms with Crippen molar-refractivity contribution >= 4 is 40.2 Å². The summed E-state index contributed by atoms with van der Waals surface area (Å²) in [6.45, 7) is 2.53. The highest BCUT2D eigenvalue weighted by atomic mass is 35.5. The summed E-state index contributed by atoms with van der Waals surface area (Å²) in [6, 6.07) is 13.7. The number of fused-ring (bicyclic) bond motifs is 3. The second-order valence-corrected chi connectivity index (χ2v) is 6.52. The van der Waals surface area contributed by atoms with Crippen molar-refractivity contribution < 1.29 is 0 Å². The normalized spacial score (nSPS) is 12.2. The van der Waals surface area contributed by atoms with Gasteiger partial charge in [0.15, 0.2) is 5.65 Å². The standard InChI is InChI=1S/C19H17ClN6/c1-12-23-24-19-6-5-16-18(26(12)19)10-17(15(22)7-8-21)25(16)11-13-3-2-4-14(20)9-13/h2-10,21H,11,22H2,1H3/b15-7-,21-8?. The van der Waals surface area contributed by atoms with E-state index in [-0.39, 0.29) is 0 Å². The molecule has 0 aliphatic heterocycles. The van der Waals surface area contributed by atoms with Crippen molar-refractivity contribution in [2.75, 3.05) is 0 Å². The summed E-state index contributed by atoms with van der Waals surface area (Å²) in [6.07, 6.45) is 2.77. The number of hydrogen-bond acceptors (Lipinski definition) is 4. The third-order valence-corrected chi connectivity index (χ3v) is 4.62. The van der Waals surface area contributed by atoms with Gasteiger partial charge in [-0.15, -0.1) is 10.2 Å². The lowest BCUT2D eigenvalue weighted by atomic mass is 10.2. The van der Waals surface area contributed by atoms with E-state index in [9.17, 15) is 0 Å². The molecule has 6 nitrogen and oxygen atoms in total. The van der Waals surface area contributed by atoms with Gasteiger partial charge in [0.1, 0.15) is 5.82 Å². The molecular formula is C19H17ClN6. The molecule has 1 aromatic carbocycles. The van der Waals surface area contributed by atoms with Gasteiger partial charge in [0.25, 0.3) is 0 Å². The Bertz CT molecular complexity index is 1170. The first-order chi connectivity index (χ1) is 12.6. The minimum absolute atomic E-state index is 0.525. The lowest BCUT2D eigenvalue weighted by Gasteiger charge is -2.11. The van der Waals surface area contributed by atoms with Gasteiger partial charge in [0, 0.05) is 17.8 Å². The van der Waals surface area contributed by atoms with E-state index in [1.807, 2.05) is 53.8 Å². The first-order valence-corrected chi connectivity index (χ1v) is 8.51. The van der Waals surface area contributed by atoms with Crippen molar-refractivity contribution in [3.05, 3.63) is 70.6 Å². The number of hydrogen-bond donors (Lipinski definition) is 2. The average molecular weight is 365 g/mol. The van der Waals surface area contributed by atoms with Gasteiger partial charge >= 0.3 is 0 Å². The highest BCUT2D eigenvalue weighted by Crippen LogP contribution is 2.26. The fraction of sp³-hybridized carbons (Fsp3) is 0.105. The molecule has 0 saturated carbocycles. The maximum Gasteiger partial charge on any atom is 0.161 e. The Hall–Kier alpha value is -3.12. The molecule has 4 rings (SSSR count). The molecule has 3 N–H and O–H groups in total. The second-order valence-electron chi connectivity index (χ2n) is 6.08. The van der Waals surface area contributed by atoms with Crippen molar-refractivity contribution in [2.45, 2.75) is 13.5 Å². The topological polar surface area (TPSA) is 85.0 Å². The Labute approximate surface area is 155 Å². The number of nitrogens with one attached hydrogen (secondary N) is 1. The van der Waals surface area contributed by atoms with Gasteiger partial charge in [-0.3, -0.25) is 4.40 Å². The van der Waals surface area contributed by atoms with Crippen LogP contribution in [-0.2, 0) is 6.54 Å². The number of allylic oxidation sites excluding steroid dienone is 1. The summed E-state index contributed by atoms with van der Waals surface area (Å²) < 4.78 is 4.13. The molecule has 0 spiro atoms. The fourth-order valence-electron chi connectivity index (χ4n) is 3.24. The van der Waals surface area contributed by atoms with Crippen LogP contribution < -0.4 is 5.73 Å². The summed E-state index contributed by atoms with van der Waals surface area (Å²) in [5.74, 6) is 0.812. The number of pyridine rings is 1.